The Balaban J connectivity index is 2.35. The fourth-order valence-corrected chi connectivity index (χ4v) is 4.01. The Labute approximate surface area is 147 Å². The maximum atomic E-state index is 6.36. The van der Waals surface area contributed by atoms with E-state index in [9.17, 15) is 0 Å². The second kappa shape index (κ2) is 7.27. The number of halogens is 3. The number of benzene rings is 1. The van der Waals surface area contributed by atoms with Crippen molar-refractivity contribution in [3.63, 3.8) is 0 Å². The van der Waals surface area contributed by atoms with E-state index in [4.69, 9.17) is 11.6 Å². The molecule has 6 heteroatoms. The highest BCUT2D eigenvalue weighted by atomic mass is 79.9. The molecule has 1 N–H and O–H groups in total. The fraction of sp³-hybridized carbons (Fsp3) is 0.400. The summed E-state index contributed by atoms with van der Waals surface area (Å²) in [6.07, 6.45) is 0.812. The topological polar surface area (TPSA) is 29.9 Å². The number of nitrogens with one attached hydrogen (secondary N) is 1. The van der Waals surface area contributed by atoms with Crippen LogP contribution in [0.4, 0.5) is 0 Å². The molecule has 0 aliphatic rings. The van der Waals surface area contributed by atoms with Gasteiger partial charge in [0.15, 0.2) is 0 Å². The molecule has 1 unspecified atom stereocenters. The number of hydrogen-bond donors (Lipinski definition) is 1. The lowest BCUT2D eigenvalue weighted by molar-refractivity contribution is 0.547. The molecule has 0 amide bonds. The molecule has 0 saturated heterocycles. The summed E-state index contributed by atoms with van der Waals surface area (Å²) in [7, 11) is 1.87. The zero-order chi connectivity index (χ0) is 15.6. The van der Waals surface area contributed by atoms with Crippen LogP contribution < -0.4 is 5.32 Å². The zero-order valence-corrected chi connectivity index (χ0v) is 16.2. The van der Waals surface area contributed by atoms with Crippen LogP contribution in [0, 0.1) is 6.92 Å². The molecule has 1 atom stereocenters. The van der Waals surface area contributed by atoms with Gasteiger partial charge in [-0.05, 0) is 37.6 Å². The molecule has 0 bridgehead atoms. The van der Waals surface area contributed by atoms with Crippen molar-refractivity contribution in [2.45, 2.75) is 26.3 Å². The Bertz CT molecular complexity index is 640. The molecule has 0 aliphatic carbocycles. The minimum atomic E-state index is 0.192. The number of aryl methyl sites for hydroxylation is 2. The monoisotopic (exact) mass is 433 g/mol. The fourth-order valence-electron chi connectivity index (χ4n) is 2.43. The highest BCUT2D eigenvalue weighted by Gasteiger charge is 2.19. The van der Waals surface area contributed by atoms with Gasteiger partial charge in [-0.2, -0.15) is 5.10 Å². The Kier molecular flexibility index (Phi) is 5.88. The van der Waals surface area contributed by atoms with Crippen molar-refractivity contribution in [2.24, 2.45) is 7.05 Å². The molecular formula is C15H18Br2ClN3. The summed E-state index contributed by atoms with van der Waals surface area (Å²) in [6, 6.07) is 6.44. The van der Waals surface area contributed by atoms with Crippen LogP contribution in [0.25, 0.3) is 0 Å². The summed E-state index contributed by atoms with van der Waals surface area (Å²) >= 11 is 13.5. The minimum Gasteiger partial charge on any atom is -0.310 e. The quantitative estimate of drug-likeness (QED) is 0.731. The maximum Gasteiger partial charge on any atom is 0.130 e. The summed E-state index contributed by atoms with van der Waals surface area (Å²) in [6.45, 7) is 5.00. The summed E-state index contributed by atoms with van der Waals surface area (Å²) in [5.41, 5.74) is 3.30. The van der Waals surface area contributed by atoms with Crippen LogP contribution in [-0.4, -0.2) is 16.3 Å². The lowest BCUT2D eigenvalue weighted by Gasteiger charge is -2.20. The molecule has 21 heavy (non-hydrogen) atoms. The van der Waals surface area contributed by atoms with Crippen molar-refractivity contribution in [1.29, 1.82) is 0 Å². The smallest absolute Gasteiger partial charge is 0.130 e. The Morgan fingerprint density at radius 3 is 2.62 bits per heavy atom. The van der Waals surface area contributed by atoms with Crippen LogP contribution in [0.15, 0.2) is 27.1 Å². The highest BCUT2D eigenvalue weighted by Crippen LogP contribution is 2.31. The van der Waals surface area contributed by atoms with Gasteiger partial charge in [0.2, 0.25) is 0 Å². The first-order chi connectivity index (χ1) is 9.93. The number of hydrogen-bond acceptors (Lipinski definition) is 2. The molecule has 3 nitrogen and oxygen atoms in total. The number of aromatic nitrogens is 2. The summed E-state index contributed by atoms with van der Waals surface area (Å²) in [5, 5.41) is 8.63. The predicted octanol–water partition coefficient (Wildman–Crippen LogP) is 4.80. The lowest BCUT2D eigenvalue weighted by atomic mass is 9.99. The number of likely N-dealkylation sites (N-methyl/N-ethyl adjacent to an activating group) is 1. The molecule has 0 fully saturated rings. The number of rotatable bonds is 5. The number of nitrogens with zero attached hydrogens (tertiary/aromatic N) is 2. The predicted molar refractivity (Wildman–Crippen MR) is 94.9 cm³/mol. The molecule has 2 aromatic rings. The summed E-state index contributed by atoms with van der Waals surface area (Å²) in [5.74, 6) is 0. The Morgan fingerprint density at radius 2 is 2.10 bits per heavy atom. The van der Waals surface area contributed by atoms with Gasteiger partial charge in [0.1, 0.15) is 5.15 Å². The zero-order valence-electron chi connectivity index (χ0n) is 12.3. The van der Waals surface area contributed by atoms with Gasteiger partial charge in [0, 0.05) is 27.6 Å². The van der Waals surface area contributed by atoms with Crippen molar-refractivity contribution < 1.29 is 0 Å². The lowest BCUT2D eigenvalue weighted by Crippen LogP contribution is -2.23. The van der Waals surface area contributed by atoms with E-state index in [1.807, 2.05) is 14.0 Å². The average molecular weight is 436 g/mol. The van der Waals surface area contributed by atoms with Gasteiger partial charge in [-0.15, -0.1) is 0 Å². The van der Waals surface area contributed by atoms with E-state index < -0.39 is 0 Å². The first kappa shape index (κ1) is 17.0. The Hall–Kier alpha value is -0.360. The van der Waals surface area contributed by atoms with E-state index in [1.165, 1.54) is 5.56 Å². The van der Waals surface area contributed by atoms with E-state index in [0.29, 0.717) is 5.15 Å². The van der Waals surface area contributed by atoms with E-state index >= 15 is 0 Å². The SMILES string of the molecule is CCNC(Cc1c(C)nn(C)c1Cl)c1ccc(Br)cc1Br. The van der Waals surface area contributed by atoms with Gasteiger partial charge in [-0.1, -0.05) is 56.5 Å². The molecule has 0 aliphatic heterocycles. The van der Waals surface area contributed by atoms with Crippen molar-refractivity contribution in [3.05, 3.63) is 49.1 Å². The second-order valence-corrected chi connectivity index (χ2v) is 7.09. The van der Waals surface area contributed by atoms with Gasteiger partial charge < -0.3 is 5.32 Å². The first-order valence-electron chi connectivity index (χ1n) is 6.80. The van der Waals surface area contributed by atoms with Crippen LogP contribution in [-0.2, 0) is 13.5 Å². The largest absolute Gasteiger partial charge is 0.310 e. The van der Waals surface area contributed by atoms with Crippen LogP contribution >= 0.6 is 43.5 Å². The summed E-state index contributed by atoms with van der Waals surface area (Å²) < 4.78 is 3.87. The molecule has 1 aromatic carbocycles. The second-order valence-electron chi connectivity index (χ2n) is 4.96. The van der Waals surface area contributed by atoms with E-state index in [2.05, 4.69) is 67.4 Å². The third-order valence-corrected chi connectivity index (χ3v) is 5.12. The highest BCUT2D eigenvalue weighted by molar-refractivity contribution is 9.11. The third-order valence-electron chi connectivity index (χ3n) is 3.47. The average Bonchev–Trinajstić information content (AvgIpc) is 2.65. The van der Waals surface area contributed by atoms with Crippen LogP contribution in [0.2, 0.25) is 5.15 Å². The minimum absolute atomic E-state index is 0.192. The molecule has 114 valence electrons. The van der Waals surface area contributed by atoms with Crippen molar-refractivity contribution in [3.8, 4) is 0 Å². The van der Waals surface area contributed by atoms with Gasteiger partial charge in [0.25, 0.3) is 0 Å². The molecular weight excluding hydrogens is 417 g/mol. The van der Waals surface area contributed by atoms with Crippen molar-refractivity contribution in [2.75, 3.05) is 6.54 Å². The van der Waals surface area contributed by atoms with E-state index in [-0.39, 0.29) is 6.04 Å². The Morgan fingerprint density at radius 1 is 1.38 bits per heavy atom. The van der Waals surface area contributed by atoms with Crippen LogP contribution in [0.3, 0.4) is 0 Å². The standard InChI is InChI=1S/C15H18Br2ClN3/c1-4-19-14(11-6-5-10(16)7-13(11)17)8-12-9(2)20-21(3)15(12)18/h5-7,14,19H,4,8H2,1-3H3. The van der Waals surface area contributed by atoms with Crippen LogP contribution in [0.5, 0.6) is 0 Å². The van der Waals surface area contributed by atoms with Gasteiger partial charge in [0.05, 0.1) is 5.69 Å². The molecule has 0 radical (unpaired) electrons. The van der Waals surface area contributed by atoms with Gasteiger partial charge in [-0.25, -0.2) is 0 Å². The summed E-state index contributed by atoms with van der Waals surface area (Å²) in [4.78, 5) is 0. The van der Waals surface area contributed by atoms with Crippen molar-refractivity contribution in [1.82, 2.24) is 15.1 Å². The van der Waals surface area contributed by atoms with Gasteiger partial charge in [-0.3, -0.25) is 4.68 Å². The molecule has 1 aromatic heterocycles. The van der Waals surface area contributed by atoms with Gasteiger partial charge >= 0.3 is 0 Å². The molecule has 0 saturated carbocycles. The molecule has 2 rings (SSSR count). The molecule has 0 spiro atoms. The van der Waals surface area contributed by atoms with E-state index in [1.54, 1.807) is 4.68 Å². The van der Waals surface area contributed by atoms with Crippen molar-refractivity contribution >= 4 is 43.5 Å². The molecule has 1 heterocycles. The van der Waals surface area contributed by atoms with Crippen LogP contribution in [0.1, 0.15) is 29.8 Å². The first-order valence-corrected chi connectivity index (χ1v) is 8.76. The third kappa shape index (κ3) is 3.89. The van der Waals surface area contributed by atoms with E-state index in [0.717, 1.165) is 33.2 Å². The normalized spacial score (nSPS) is 12.7. The maximum absolute atomic E-state index is 6.36.